The summed E-state index contributed by atoms with van der Waals surface area (Å²) in [7, 11) is -3.49. The van der Waals surface area contributed by atoms with Crippen LogP contribution in [-0.2, 0) is 10.0 Å². The van der Waals surface area contributed by atoms with Gasteiger partial charge in [0.05, 0.1) is 10.4 Å². The first kappa shape index (κ1) is 17.9. The summed E-state index contributed by atoms with van der Waals surface area (Å²) in [5.74, 6) is -0.238. The van der Waals surface area contributed by atoms with Crippen molar-refractivity contribution in [3.63, 3.8) is 0 Å². The monoisotopic (exact) mass is 339 g/mol. The second-order valence-corrected chi connectivity index (χ2v) is 7.78. The molecule has 1 aliphatic carbocycles. The number of sulfonamides is 1. The highest BCUT2D eigenvalue weighted by Gasteiger charge is 2.29. The van der Waals surface area contributed by atoms with Crippen LogP contribution in [-0.4, -0.2) is 32.5 Å². The SMILES string of the molecule is CCC(CC)(CN)NC(=O)c1ccc(S(=O)(=O)NC2CC2)cc1. The van der Waals surface area contributed by atoms with Crippen molar-refractivity contribution in [2.45, 2.75) is 56.0 Å². The number of hydrogen-bond donors (Lipinski definition) is 3. The van der Waals surface area contributed by atoms with E-state index in [0.717, 1.165) is 25.7 Å². The van der Waals surface area contributed by atoms with E-state index in [0.29, 0.717) is 12.1 Å². The van der Waals surface area contributed by atoms with Crippen molar-refractivity contribution in [2.24, 2.45) is 5.73 Å². The molecule has 6 nitrogen and oxygen atoms in total. The van der Waals surface area contributed by atoms with Crippen LogP contribution in [0.3, 0.4) is 0 Å². The van der Waals surface area contributed by atoms with Gasteiger partial charge in [0.25, 0.3) is 5.91 Å². The van der Waals surface area contributed by atoms with Crippen molar-refractivity contribution in [3.8, 4) is 0 Å². The van der Waals surface area contributed by atoms with E-state index in [1.54, 1.807) is 0 Å². The number of carbonyl (C=O) groups is 1. The Kier molecular flexibility index (Phi) is 5.44. The zero-order chi connectivity index (χ0) is 17.1. The molecule has 128 valence electrons. The third kappa shape index (κ3) is 4.31. The van der Waals surface area contributed by atoms with E-state index in [-0.39, 0.29) is 16.8 Å². The van der Waals surface area contributed by atoms with Crippen LogP contribution >= 0.6 is 0 Å². The lowest BCUT2D eigenvalue weighted by molar-refractivity contribution is 0.0895. The molecule has 1 aliphatic rings. The summed E-state index contributed by atoms with van der Waals surface area (Å²) < 4.78 is 26.8. The van der Waals surface area contributed by atoms with Gasteiger partial charge in [0.15, 0.2) is 0 Å². The fourth-order valence-corrected chi connectivity index (χ4v) is 3.66. The van der Waals surface area contributed by atoms with E-state index in [4.69, 9.17) is 5.73 Å². The Morgan fingerprint density at radius 2 is 1.78 bits per heavy atom. The minimum absolute atomic E-state index is 0.0576. The third-order valence-corrected chi connectivity index (χ3v) is 5.99. The number of benzene rings is 1. The van der Waals surface area contributed by atoms with Gasteiger partial charge in [0.1, 0.15) is 0 Å². The van der Waals surface area contributed by atoms with Gasteiger partial charge in [0, 0.05) is 18.2 Å². The van der Waals surface area contributed by atoms with Crippen LogP contribution in [0.25, 0.3) is 0 Å². The molecule has 1 amide bonds. The van der Waals surface area contributed by atoms with E-state index in [2.05, 4.69) is 10.0 Å². The molecule has 23 heavy (non-hydrogen) atoms. The maximum atomic E-state index is 12.4. The van der Waals surface area contributed by atoms with E-state index >= 15 is 0 Å². The molecule has 0 aromatic heterocycles. The Morgan fingerprint density at radius 3 is 2.22 bits per heavy atom. The van der Waals surface area contributed by atoms with Gasteiger partial charge < -0.3 is 11.1 Å². The zero-order valence-corrected chi connectivity index (χ0v) is 14.4. The minimum Gasteiger partial charge on any atom is -0.345 e. The lowest BCUT2D eigenvalue weighted by atomic mass is 9.92. The second kappa shape index (κ2) is 6.98. The van der Waals surface area contributed by atoms with Gasteiger partial charge in [-0.15, -0.1) is 0 Å². The fraction of sp³-hybridized carbons (Fsp3) is 0.562. The highest BCUT2D eigenvalue weighted by atomic mass is 32.2. The van der Waals surface area contributed by atoms with Crippen molar-refractivity contribution >= 4 is 15.9 Å². The average molecular weight is 339 g/mol. The topological polar surface area (TPSA) is 101 Å². The molecule has 0 radical (unpaired) electrons. The molecule has 7 heteroatoms. The Balaban J connectivity index is 2.11. The van der Waals surface area contributed by atoms with Crippen molar-refractivity contribution in [1.82, 2.24) is 10.0 Å². The van der Waals surface area contributed by atoms with Gasteiger partial charge in [-0.05, 0) is 49.9 Å². The van der Waals surface area contributed by atoms with Crippen LogP contribution in [0.1, 0.15) is 49.9 Å². The quantitative estimate of drug-likeness (QED) is 0.666. The zero-order valence-electron chi connectivity index (χ0n) is 13.6. The standard InChI is InChI=1S/C16H25N3O3S/c1-3-16(4-2,11-17)18-15(20)12-5-9-14(10-6-12)23(21,22)19-13-7-8-13/h5-6,9-10,13,19H,3-4,7-8,11,17H2,1-2H3,(H,18,20). The number of carbonyl (C=O) groups excluding carboxylic acids is 1. The molecule has 0 unspecified atom stereocenters. The molecule has 1 fully saturated rings. The summed E-state index contributed by atoms with van der Waals surface area (Å²) in [5.41, 5.74) is 5.79. The summed E-state index contributed by atoms with van der Waals surface area (Å²) in [6.07, 6.45) is 3.25. The largest absolute Gasteiger partial charge is 0.345 e. The molecular weight excluding hydrogens is 314 g/mol. The van der Waals surface area contributed by atoms with Crippen LogP contribution in [0.15, 0.2) is 29.2 Å². The Hall–Kier alpha value is -1.44. The molecule has 0 aliphatic heterocycles. The normalized spacial score (nSPS) is 15.4. The molecule has 1 saturated carbocycles. The number of amides is 1. The third-order valence-electron chi connectivity index (χ3n) is 4.45. The number of rotatable bonds is 8. The predicted octanol–water partition coefficient (Wildman–Crippen LogP) is 1.37. The fourth-order valence-electron chi connectivity index (χ4n) is 2.35. The summed E-state index contributed by atoms with van der Waals surface area (Å²) >= 11 is 0. The van der Waals surface area contributed by atoms with Gasteiger partial charge in [-0.2, -0.15) is 0 Å². The maximum Gasteiger partial charge on any atom is 0.251 e. The van der Waals surface area contributed by atoms with E-state index < -0.39 is 15.6 Å². The molecule has 1 aromatic carbocycles. The Morgan fingerprint density at radius 1 is 1.22 bits per heavy atom. The smallest absolute Gasteiger partial charge is 0.251 e. The summed E-state index contributed by atoms with van der Waals surface area (Å²) in [4.78, 5) is 12.5. The van der Waals surface area contributed by atoms with Gasteiger partial charge in [-0.3, -0.25) is 4.79 Å². The van der Waals surface area contributed by atoms with E-state index in [1.807, 2.05) is 13.8 Å². The average Bonchev–Trinajstić information content (AvgIpc) is 3.36. The summed E-state index contributed by atoms with van der Waals surface area (Å²) in [6.45, 7) is 4.33. The van der Waals surface area contributed by atoms with Gasteiger partial charge >= 0.3 is 0 Å². The van der Waals surface area contributed by atoms with Crippen LogP contribution in [0, 0.1) is 0 Å². The van der Waals surface area contributed by atoms with Crippen molar-refractivity contribution in [2.75, 3.05) is 6.54 Å². The number of nitrogens with two attached hydrogens (primary N) is 1. The van der Waals surface area contributed by atoms with Crippen LogP contribution in [0.2, 0.25) is 0 Å². The molecule has 0 spiro atoms. The van der Waals surface area contributed by atoms with Crippen molar-refractivity contribution in [3.05, 3.63) is 29.8 Å². The highest BCUT2D eigenvalue weighted by molar-refractivity contribution is 7.89. The number of hydrogen-bond acceptors (Lipinski definition) is 4. The number of nitrogens with one attached hydrogen (secondary N) is 2. The molecular formula is C16H25N3O3S. The van der Waals surface area contributed by atoms with Crippen molar-refractivity contribution in [1.29, 1.82) is 0 Å². The van der Waals surface area contributed by atoms with Crippen LogP contribution < -0.4 is 15.8 Å². The molecule has 0 heterocycles. The Labute approximate surface area is 137 Å². The lowest BCUT2D eigenvalue weighted by Gasteiger charge is -2.31. The lowest BCUT2D eigenvalue weighted by Crippen LogP contribution is -2.52. The van der Waals surface area contributed by atoms with E-state index in [1.165, 1.54) is 24.3 Å². The minimum atomic E-state index is -3.49. The molecule has 0 atom stereocenters. The van der Waals surface area contributed by atoms with Crippen LogP contribution in [0.5, 0.6) is 0 Å². The molecule has 2 rings (SSSR count). The van der Waals surface area contributed by atoms with E-state index in [9.17, 15) is 13.2 Å². The van der Waals surface area contributed by atoms with Crippen LogP contribution in [0.4, 0.5) is 0 Å². The summed E-state index contributed by atoms with van der Waals surface area (Å²) in [6, 6.07) is 6.04. The van der Waals surface area contributed by atoms with Gasteiger partial charge in [-0.25, -0.2) is 13.1 Å². The first-order valence-corrected chi connectivity index (χ1v) is 9.49. The maximum absolute atomic E-state index is 12.4. The molecule has 4 N–H and O–H groups in total. The molecule has 0 saturated heterocycles. The molecule has 1 aromatic rings. The second-order valence-electron chi connectivity index (χ2n) is 6.07. The Bertz CT molecular complexity index is 639. The first-order chi connectivity index (χ1) is 10.9. The summed E-state index contributed by atoms with van der Waals surface area (Å²) in [5, 5.41) is 2.97. The van der Waals surface area contributed by atoms with Gasteiger partial charge in [0.2, 0.25) is 10.0 Å². The van der Waals surface area contributed by atoms with Crippen molar-refractivity contribution < 1.29 is 13.2 Å². The first-order valence-electron chi connectivity index (χ1n) is 8.01. The predicted molar refractivity (Wildman–Crippen MR) is 89.6 cm³/mol. The van der Waals surface area contributed by atoms with Gasteiger partial charge in [-0.1, -0.05) is 13.8 Å². The molecule has 0 bridgehead atoms. The highest BCUT2D eigenvalue weighted by Crippen LogP contribution is 2.22.